The monoisotopic (exact) mass is 404 g/mol. The molecule has 4 rings (SSSR count). The SMILES string of the molecule is Cc1[nH]c(C=C2C(=O)Nc3ccc(F)cc32)c(C)c1C(=O)NCCc1ccccn1. The Kier molecular flexibility index (Phi) is 5.18. The summed E-state index contributed by atoms with van der Waals surface area (Å²) >= 11 is 0. The van der Waals surface area contributed by atoms with Gasteiger partial charge in [-0.05, 0) is 55.8 Å². The summed E-state index contributed by atoms with van der Waals surface area (Å²) in [6.45, 7) is 4.10. The first-order valence-electron chi connectivity index (χ1n) is 9.64. The van der Waals surface area contributed by atoms with Gasteiger partial charge in [-0.15, -0.1) is 0 Å². The molecule has 1 aliphatic heterocycles. The number of aromatic nitrogens is 2. The summed E-state index contributed by atoms with van der Waals surface area (Å²) in [6.07, 6.45) is 4.02. The second-order valence-electron chi connectivity index (χ2n) is 7.19. The smallest absolute Gasteiger partial charge is 0.256 e. The number of H-pyrrole nitrogens is 1. The molecular formula is C23H21FN4O2. The van der Waals surface area contributed by atoms with Gasteiger partial charge in [0.2, 0.25) is 0 Å². The molecule has 7 heteroatoms. The maximum atomic E-state index is 13.7. The first kappa shape index (κ1) is 19.6. The summed E-state index contributed by atoms with van der Waals surface area (Å²) < 4.78 is 13.7. The molecule has 1 aliphatic rings. The quantitative estimate of drug-likeness (QED) is 0.568. The fourth-order valence-electron chi connectivity index (χ4n) is 3.65. The third-order valence-electron chi connectivity index (χ3n) is 5.15. The Morgan fingerprint density at radius 3 is 2.83 bits per heavy atom. The van der Waals surface area contributed by atoms with Crippen LogP contribution in [-0.4, -0.2) is 28.3 Å². The molecule has 3 heterocycles. The zero-order valence-electron chi connectivity index (χ0n) is 16.7. The van der Waals surface area contributed by atoms with Gasteiger partial charge in [-0.2, -0.15) is 0 Å². The average molecular weight is 404 g/mol. The number of fused-ring (bicyclic) bond motifs is 1. The lowest BCUT2D eigenvalue weighted by Gasteiger charge is -2.06. The van der Waals surface area contributed by atoms with Crippen LogP contribution in [0.2, 0.25) is 0 Å². The molecule has 0 aliphatic carbocycles. The van der Waals surface area contributed by atoms with Crippen molar-refractivity contribution in [1.29, 1.82) is 0 Å². The van der Waals surface area contributed by atoms with Crippen LogP contribution in [0.1, 0.15) is 38.6 Å². The highest BCUT2D eigenvalue weighted by molar-refractivity contribution is 6.34. The maximum Gasteiger partial charge on any atom is 0.256 e. The summed E-state index contributed by atoms with van der Waals surface area (Å²) in [5, 5.41) is 5.65. The molecule has 1 aromatic carbocycles. The van der Waals surface area contributed by atoms with E-state index in [1.165, 1.54) is 18.2 Å². The predicted octanol–water partition coefficient (Wildman–Crippen LogP) is 3.63. The van der Waals surface area contributed by atoms with E-state index in [-0.39, 0.29) is 11.8 Å². The second-order valence-corrected chi connectivity index (χ2v) is 7.19. The molecule has 0 fully saturated rings. The van der Waals surface area contributed by atoms with Crippen LogP contribution in [0.4, 0.5) is 10.1 Å². The molecule has 0 spiro atoms. The number of hydrogen-bond donors (Lipinski definition) is 3. The Hall–Kier alpha value is -3.74. The van der Waals surface area contributed by atoms with Gasteiger partial charge in [-0.1, -0.05) is 6.07 Å². The number of anilines is 1. The number of hydrogen-bond acceptors (Lipinski definition) is 3. The summed E-state index contributed by atoms with van der Waals surface area (Å²) in [6, 6.07) is 9.85. The van der Waals surface area contributed by atoms with E-state index in [1.54, 1.807) is 12.3 Å². The minimum absolute atomic E-state index is 0.191. The Bertz CT molecular complexity index is 1170. The molecule has 0 unspecified atom stereocenters. The zero-order valence-corrected chi connectivity index (χ0v) is 16.7. The number of aromatic amines is 1. The van der Waals surface area contributed by atoms with Crippen molar-refractivity contribution in [2.45, 2.75) is 20.3 Å². The number of nitrogens with one attached hydrogen (secondary N) is 3. The topological polar surface area (TPSA) is 86.9 Å². The van der Waals surface area contributed by atoms with Crippen molar-refractivity contribution in [1.82, 2.24) is 15.3 Å². The van der Waals surface area contributed by atoms with Crippen molar-refractivity contribution in [2.75, 3.05) is 11.9 Å². The van der Waals surface area contributed by atoms with Gasteiger partial charge in [0.25, 0.3) is 11.8 Å². The van der Waals surface area contributed by atoms with Crippen molar-refractivity contribution in [3.05, 3.63) is 82.2 Å². The lowest BCUT2D eigenvalue weighted by Crippen LogP contribution is -2.26. The lowest BCUT2D eigenvalue weighted by atomic mass is 10.0. The summed E-state index contributed by atoms with van der Waals surface area (Å²) in [5.74, 6) is -0.906. The second kappa shape index (κ2) is 7.94. The highest BCUT2D eigenvalue weighted by Crippen LogP contribution is 2.34. The molecule has 152 valence electrons. The average Bonchev–Trinajstić information content (AvgIpc) is 3.18. The largest absolute Gasteiger partial charge is 0.358 e. The van der Waals surface area contributed by atoms with E-state index in [0.29, 0.717) is 46.7 Å². The van der Waals surface area contributed by atoms with Gasteiger partial charge in [0.15, 0.2) is 0 Å². The first-order chi connectivity index (χ1) is 14.4. The van der Waals surface area contributed by atoms with E-state index in [4.69, 9.17) is 0 Å². The Morgan fingerprint density at radius 1 is 1.23 bits per heavy atom. The molecule has 6 nitrogen and oxygen atoms in total. The number of halogens is 1. The minimum atomic E-state index is -0.413. The summed E-state index contributed by atoms with van der Waals surface area (Å²) in [5.41, 5.74) is 4.96. The molecule has 2 amide bonds. The lowest BCUT2D eigenvalue weighted by molar-refractivity contribution is -0.110. The van der Waals surface area contributed by atoms with Crippen molar-refractivity contribution in [2.24, 2.45) is 0 Å². The van der Waals surface area contributed by atoms with E-state index >= 15 is 0 Å². The van der Waals surface area contributed by atoms with Gasteiger partial charge in [-0.3, -0.25) is 14.6 Å². The molecule has 3 aromatic rings. The molecule has 0 saturated heterocycles. The van der Waals surface area contributed by atoms with Crippen LogP contribution in [0, 0.1) is 19.7 Å². The number of rotatable bonds is 5. The van der Waals surface area contributed by atoms with E-state index in [1.807, 2.05) is 32.0 Å². The predicted molar refractivity (Wildman–Crippen MR) is 113 cm³/mol. The van der Waals surface area contributed by atoms with E-state index < -0.39 is 5.82 Å². The number of aryl methyl sites for hydroxylation is 1. The van der Waals surface area contributed by atoms with Gasteiger partial charge in [0, 0.05) is 47.5 Å². The zero-order chi connectivity index (χ0) is 21.3. The summed E-state index contributed by atoms with van der Waals surface area (Å²) in [7, 11) is 0. The van der Waals surface area contributed by atoms with Gasteiger partial charge >= 0.3 is 0 Å². The Morgan fingerprint density at radius 2 is 2.07 bits per heavy atom. The van der Waals surface area contributed by atoms with Crippen LogP contribution in [0.25, 0.3) is 11.6 Å². The normalized spacial score (nSPS) is 14.0. The number of pyridine rings is 1. The number of carbonyl (C=O) groups is 2. The van der Waals surface area contributed by atoms with E-state index in [9.17, 15) is 14.0 Å². The highest BCUT2D eigenvalue weighted by Gasteiger charge is 2.26. The van der Waals surface area contributed by atoms with Crippen LogP contribution in [0.5, 0.6) is 0 Å². The summed E-state index contributed by atoms with van der Waals surface area (Å²) in [4.78, 5) is 32.5. The fourth-order valence-corrected chi connectivity index (χ4v) is 3.65. The number of amides is 2. The molecule has 2 aromatic heterocycles. The molecule has 0 radical (unpaired) electrons. The molecule has 3 N–H and O–H groups in total. The van der Waals surface area contributed by atoms with Gasteiger partial charge in [0.05, 0.1) is 11.1 Å². The van der Waals surface area contributed by atoms with Crippen LogP contribution in [0.3, 0.4) is 0 Å². The molecule has 0 atom stereocenters. The number of nitrogens with zero attached hydrogens (tertiary/aromatic N) is 1. The van der Waals surface area contributed by atoms with Crippen molar-refractivity contribution < 1.29 is 14.0 Å². The Balaban J connectivity index is 1.55. The van der Waals surface area contributed by atoms with Crippen LogP contribution in [-0.2, 0) is 11.2 Å². The minimum Gasteiger partial charge on any atom is -0.358 e. The first-order valence-corrected chi connectivity index (χ1v) is 9.64. The Labute approximate surface area is 173 Å². The van der Waals surface area contributed by atoms with Crippen molar-refractivity contribution >= 4 is 29.2 Å². The molecular weight excluding hydrogens is 383 g/mol. The standard InChI is InChI=1S/C23H21FN4O2/c1-13-20(12-18-17-11-15(24)6-7-19(17)28-22(18)29)27-14(2)21(13)23(30)26-10-8-16-5-3-4-9-25-16/h3-7,9,11-12,27H,8,10H2,1-2H3,(H,26,30)(H,28,29). The molecule has 0 saturated carbocycles. The number of benzene rings is 1. The molecule has 30 heavy (non-hydrogen) atoms. The van der Waals surface area contributed by atoms with Crippen LogP contribution < -0.4 is 10.6 Å². The van der Waals surface area contributed by atoms with Gasteiger partial charge in [-0.25, -0.2) is 4.39 Å². The van der Waals surface area contributed by atoms with Gasteiger partial charge in [0.1, 0.15) is 5.82 Å². The number of carbonyl (C=O) groups excluding carboxylic acids is 2. The third kappa shape index (κ3) is 3.74. The third-order valence-corrected chi connectivity index (χ3v) is 5.15. The van der Waals surface area contributed by atoms with Crippen LogP contribution >= 0.6 is 0 Å². The van der Waals surface area contributed by atoms with Crippen molar-refractivity contribution in [3.8, 4) is 0 Å². The van der Waals surface area contributed by atoms with E-state index in [2.05, 4.69) is 20.6 Å². The van der Waals surface area contributed by atoms with Crippen molar-refractivity contribution in [3.63, 3.8) is 0 Å². The highest BCUT2D eigenvalue weighted by atomic mass is 19.1. The van der Waals surface area contributed by atoms with Gasteiger partial charge < -0.3 is 15.6 Å². The van der Waals surface area contributed by atoms with Crippen LogP contribution in [0.15, 0.2) is 42.6 Å². The molecule has 0 bridgehead atoms. The van der Waals surface area contributed by atoms with E-state index in [0.717, 1.165) is 11.3 Å². The fraction of sp³-hybridized carbons (Fsp3) is 0.174. The maximum absolute atomic E-state index is 13.7.